The fraction of sp³-hybridized carbons (Fsp3) is 0.438. The van der Waals surface area contributed by atoms with Gasteiger partial charge in [-0.05, 0) is 43.4 Å². The van der Waals surface area contributed by atoms with E-state index in [1.165, 1.54) is 16.4 Å². The number of sulfonamides is 1. The molecule has 124 valence electrons. The Bertz CT molecular complexity index is 742. The number of anilines is 2. The van der Waals surface area contributed by atoms with Crippen molar-refractivity contribution in [3.05, 3.63) is 30.4 Å². The van der Waals surface area contributed by atoms with Crippen LogP contribution >= 0.6 is 0 Å². The zero-order chi connectivity index (χ0) is 16.4. The van der Waals surface area contributed by atoms with Crippen LogP contribution in [0.5, 0.6) is 5.75 Å². The standard InChI is InChI=1S/C16H20N2O4S/c19-15-7-6-13(18-8-3-9-23(18,21)22)11-14(15)17-16(20)10-12-4-1-2-5-12/h1,4,6-7,11-12,19H,2-3,5,8-10H2,(H,17,20)/t12-/m1/s1. The van der Waals surface area contributed by atoms with Crippen LogP contribution in [0.25, 0.3) is 0 Å². The number of rotatable bonds is 4. The lowest BCUT2D eigenvalue weighted by molar-refractivity contribution is -0.116. The van der Waals surface area contributed by atoms with Gasteiger partial charge in [-0.25, -0.2) is 8.42 Å². The topological polar surface area (TPSA) is 86.7 Å². The van der Waals surface area contributed by atoms with E-state index in [4.69, 9.17) is 0 Å². The molecule has 1 fully saturated rings. The van der Waals surface area contributed by atoms with E-state index in [1.807, 2.05) is 6.08 Å². The first kappa shape index (κ1) is 15.9. The largest absolute Gasteiger partial charge is 0.506 e. The van der Waals surface area contributed by atoms with Gasteiger partial charge in [0.2, 0.25) is 15.9 Å². The summed E-state index contributed by atoms with van der Waals surface area (Å²) in [6, 6.07) is 4.47. The van der Waals surface area contributed by atoms with Crippen LogP contribution in [0.1, 0.15) is 25.7 Å². The van der Waals surface area contributed by atoms with Crippen molar-refractivity contribution in [3.63, 3.8) is 0 Å². The van der Waals surface area contributed by atoms with E-state index in [0.717, 1.165) is 12.8 Å². The van der Waals surface area contributed by atoms with Gasteiger partial charge >= 0.3 is 0 Å². The molecule has 7 heteroatoms. The SMILES string of the molecule is O=C(C[C@@H]1C=CCC1)Nc1cc(N2CCCS2(=O)=O)ccc1O. The smallest absolute Gasteiger partial charge is 0.235 e. The molecule has 0 radical (unpaired) electrons. The molecule has 1 heterocycles. The predicted molar refractivity (Wildman–Crippen MR) is 89.0 cm³/mol. The quantitative estimate of drug-likeness (QED) is 0.652. The monoisotopic (exact) mass is 336 g/mol. The second kappa shape index (κ2) is 6.23. The van der Waals surface area contributed by atoms with Gasteiger partial charge in [-0.15, -0.1) is 0 Å². The maximum Gasteiger partial charge on any atom is 0.235 e. The van der Waals surface area contributed by atoms with Crippen molar-refractivity contribution in [2.45, 2.75) is 25.7 Å². The lowest BCUT2D eigenvalue weighted by Crippen LogP contribution is -2.25. The van der Waals surface area contributed by atoms with E-state index in [-0.39, 0.29) is 29.0 Å². The zero-order valence-electron chi connectivity index (χ0n) is 12.7. The minimum absolute atomic E-state index is 0.0688. The van der Waals surface area contributed by atoms with Gasteiger partial charge < -0.3 is 10.4 Å². The molecule has 1 aliphatic carbocycles. The molecule has 0 unspecified atom stereocenters. The molecule has 1 aromatic carbocycles. The van der Waals surface area contributed by atoms with Crippen LogP contribution in [-0.4, -0.2) is 31.7 Å². The van der Waals surface area contributed by atoms with Crippen molar-refractivity contribution in [2.75, 3.05) is 21.9 Å². The number of nitrogens with one attached hydrogen (secondary N) is 1. The Morgan fingerprint density at radius 2 is 2.22 bits per heavy atom. The molecule has 23 heavy (non-hydrogen) atoms. The summed E-state index contributed by atoms with van der Waals surface area (Å²) in [5, 5.41) is 12.6. The highest BCUT2D eigenvalue weighted by Gasteiger charge is 2.29. The average molecular weight is 336 g/mol. The number of phenolic OH excluding ortho intramolecular Hbond substituents is 1. The minimum Gasteiger partial charge on any atom is -0.506 e. The summed E-state index contributed by atoms with van der Waals surface area (Å²) in [6.07, 6.45) is 7.00. The van der Waals surface area contributed by atoms with E-state index >= 15 is 0 Å². The lowest BCUT2D eigenvalue weighted by Gasteiger charge is -2.18. The Morgan fingerprint density at radius 1 is 1.39 bits per heavy atom. The molecular formula is C16H20N2O4S. The first-order valence-electron chi connectivity index (χ1n) is 7.76. The number of hydrogen-bond donors (Lipinski definition) is 2. The van der Waals surface area contributed by atoms with Crippen molar-refractivity contribution in [2.24, 2.45) is 5.92 Å². The number of allylic oxidation sites excluding steroid dienone is 2. The predicted octanol–water partition coefficient (Wildman–Crippen LogP) is 2.23. The lowest BCUT2D eigenvalue weighted by atomic mass is 10.0. The normalized spacial score (nSPS) is 22.4. The molecule has 1 atom stereocenters. The van der Waals surface area contributed by atoms with Crippen LogP contribution in [0.2, 0.25) is 0 Å². The number of benzene rings is 1. The molecule has 1 amide bonds. The van der Waals surface area contributed by atoms with Gasteiger partial charge in [-0.3, -0.25) is 9.10 Å². The Morgan fingerprint density at radius 3 is 2.87 bits per heavy atom. The molecule has 1 saturated heterocycles. The molecule has 1 aliphatic heterocycles. The molecule has 0 spiro atoms. The number of phenols is 1. The molecule has 0 bridgehead atoms. The number of hydrogen-bond acceptors (Lipinski definition) is 4. The molecule has 2 aliphatic rings. The Balaban J connectivity index is 1.75. The number of nitrogens with zero attached hydrogens (tertiary/aromatic N) is 1. The minimum atomic E-state index is -3.29. The van der Waals surface area contributed by atoms with Crippen molar-refractivity contribution >= 4 is 27.3 Å². The molecular weight excluding hydrogens is 316 g/mol. The molecule has 6 nitrogen and oxygen atoms in total. The van der Waals surface area contributed by atoms with Crippen LogP contribution in [0.3, 0.4) is 0 Å². The fourth-order valence-corrected chi connectivity index (χ4v) is 4.57. The van der Waals surface area contributed by atoms with Crippen molar-refractivity contribution in [1.82, 2.24) is 0 Å². The van der Waals surface area contributed by atoms with Crippen molar-refractivity contribution < 1.29 is 18.3 Å². The van der Waals surface area contributed by atoms with Crippen LogP contribution in [0, 0.1) is 5.92 Å². The summed E-state index contributed by atoms with van der Waals surface area (Å²) in [5.41, 5.74) is 0.716. The van der Waals surface area contributed by atoms with Crippen molar-refractivity contribution in [1.29, 1.82) is 0 Å². The van der Waals surface area contributed by atoms with Gasteiger partial charge in [0, 0.05) is 13.0 Å². The number of carbonyl (C=O) groups excluding carboxylic acids is 1. The summed E-state index contributed by atoms with van der Waals surface area (Å²) in [4.78, 5) is 12.1. The molecule has 3 rings (SSSR count). The third kappa shape index (κ3) is 3.50. The maximum absolute atomic E-state index is 12.1. The first-order valence-corrected chi connectivity index (χ1v) is 9.36. The Labute approximate surface area is 135 Å². The van der Waals surface area contributed by atoms with E-state index in [2.05, 4.69) is 11.4 Å². The highest BCUT2D eigenvalue weighted by Crippen LogP contribution is 2.32. The second-order valence-electron chi connectivity index (χ2n) is 5.96. The highest BCUT2D eigenvalue weighted by molar-refractivity contribution is 7.93. The summed E-state index contributed by atoms with van der Waals surface area (Å²) < 4.78 is 25.3. The summed E-state index contributed by atoms with van der Waals surface area (Å²) in [5.74, 6) is 0.113. The second-order valence-corrected chi connectivity index (χ2v) is 7.97. The van der Waals surface area contributed by atoms with Crippen LogP contribution < -0.4 is 9.62 Å². The first-order chi connectivity index (χ1) is 11.0. The van der Waals surface area contributed by atoms with Gasteiger partial charge in [-0.2, -0.15) is 0 Å². The number of carbonyl (C=O) groups is 1. The average Bonchev–Trinajstić information content (AvgIpc) is 3.10. The van der Waals surface area contributed by atoms with Gasteiger partial charge in [0.05, 0.1) is 17.1 Å². The Kier molecular flexibility index (Phi) is 4.30. The molecule has 0 saturated carbocycles. The van der Waals surface area contributed by atoms with Crippen molar-refractivity contribution in [3.8, 4) is 5.75 Å². The van der Waals surface area contributed by atoms with Gasteiger partial charge in [0.25, 0.3) is 0 Å². The van der Waals surface area contributed by atoms with Crippen LogP contribution in [0.15, 0.2) is 30.4 Å². The van der Waals surface area contributed by atoms with E-state index in [0.29, 0.717) is 25.1 Å². The molecule has 0 aromatic heterocycles. The van der Waals surface area contributed by atoms with E-state index in [1.54, 1.807) is 6.07 Å². The van der Waals surface area contributed by atoms with Crippen LogP contribution in [0.4, 0.5) is 11.4 Å². The summed E-state index contributed by atoms with van der Waals surface area (Å²) in [7, 11) is -3.29. The van der Waals surface area contributed by atoms with Crippen LogP contribution in [-0.2, 0) is 14.8 Å². The summed E-state index contributed by atoms with van der Waals surface area (Å²) >= 11 is 0. The van der Waals surface area contributed by atoms with E-state index in [9.17, 15) is 18.3 Å². The third-order valence-corrected chi connectivity index (χ3v) is 6.07. The Hall–Kier alpha value is -2.02. The number of amides is 1. The highest BCUT2D eigenvalue weighted by atomic mass is 32.2. The van der Waals surface area contributed by atoms with Gasteiger partial charge in [-0.1, -0.05) is 12.2 Å². The third-order valence-electron chi connectivity index (χ3n) is 4.20. The van der Waals surface area contributed by atoms with Gasteiger partial charge in [0.1, 0.15) is 5.75 Å². The molecule has 1 aromatic rings. The fourth-order valence-electron chi connectivity index (χ4n) is 3.01. The summed E-state index contributed by atoms with van der Waals surface area (Å²) in [6.45, 7) is 0.424. The van der Waals surface area contributed by atoms with Gasteiger partial charge in [0.15, 0.2) is 0 Å². The maximum atomic E-state index is 12.1. The number of aromatic hydroxyl groups is 1. The molecule has 2 N–H and O–H groups in total. The zero-order valence-corrected chi connectivity index (χ0v) is 13.6. The van der Waals surface area contributed by atoms with E-state index < -0.39 is 10.0 Å².